The van der Waals surface area contributed by atoms with E-state index in [0.717, 1.165) is 18.7 Å². The highest BCUT2D eigenvalue weighted by molar-refractivity contribution is 5.63. The van der Waals surface area contributed by atoms with E-state index in [9.17, 15) is 18.3 Å². The molecule has 0 amide bonds. The van der Waals surface area contributed by atoms with Gasteiger partial charge in [-0.05, 0) is 47.2 Å². The molecule has 0 aromatic heterocycles. The van der Waals surface area contributed by atoms with E-state index in [1.54, 1.807) is 6.07 Å². The predicted octanol–water partition coefficient (Wildman–Crippen LogP) is 6.63. The molecule has 1 aliphatic rings. The molecule has 1 heterocycles. The summed E-state index contributed by atoms with van der Waals surface area (Å²) in [5.41, 5.74) is 1.93. The van der Waals surface area contributed by atoms with Crippen molar-refractivity contribution < 1.29 is 18.3 Å². The number of hydrogen-bond acceptors (Lipinski definition) is 2. The maximum absolute atomic E-state index is 13.1. The SMILES string of the molecule is CC(C)(CN1CCC(O)(c2cccc(C(F)(F)F)c2)CC1)c1ccc(-c2ccccc2)cc1. The summed E-state index contributed by atoms with van der Waals surface area (Å²) < 4.78 is 39.3. The summed E-state index contributed by atoms with van der Waals surface area (Å²) in [4.78, 5) is 2.30. The van der Waals surface area contributed by atoms with E-state index in [1.165, 1.54) is 22.8 Å². The van der Waals surface area contributed by atoms with Crippen LogP contribution in [0.2, 0.25) is 0 Å². The third-order valence-corrected chi connectivity index (χ3v) is 6.80. The highest BCUT2D eigenvalue weighted by atomic mass is 19.4. The van der Waals surface area contributed by atoms with Gasteiger partial charge >= 0.3 is 6.18 Å². The van der Waals surface area contributed by atoms with Gasteiger partial charge in [0.25, 0.3) is 0 Å². The van der Waals surface area contributed by atoms with Crippen LogP contribution in [0.3, 0.4) is 0 Å². The molecule has 4 rings (SSSR count). The fourth-order valence-corrected chi connectivity index (χ4v) is 4.75. The van der Waals surface area contributed by atoms with E-state index in [1.807, 2.05) is 18.2 Å². The molecule has 0 aliphatic carbocycles. The smallest absolute Gasteiger partial charge is 0.385 e. The molecule has 33 heavy (non-hydrogen) atoms. The lowest BCUT2D eigenvalue weighted by atomic mass is 9.80. The Bertz CT molecular complexity index is 1070. The van der Waals surface area contributed by atoms with Gasteiger partial charge in [-0.2, -0.15) is 13.2 Å². The number of piperidine rings is 1. The summed E-state index contributed by atoms with van der Waals surface area (Å²) in [6.45, 7) is 6.50. The van der Waals surface area contributed by atoms with E-state index < -0.39 is 17.3 Å². The zero-order valence-corrected chi connectivity index (χ0v) is 19.1. The zero-order valence-electron chi connectivity index (χ0n) is 19.1. The number of hydrogen-bond donors (Lipinski definition) is 1. The minimum absolute atomic E-state index is 0.0964. The maximum atomic E-state index is 13.1. The van der Waals surface area contributed by atoms with Crippen LogP contribution in [0.4, 0.5) is 13.2 Å². The van der Waals surface area contributed by atoms with E-state index in [4.69, 9.17) is 0 Å². The largest absolute Gasteiger partial charge is 0.416 e. The van der Waals surface area contributed by atoms with Gasteiger partial charge in [-0.25, -0.2) is 0 Å². The summed E-state index contributed by atoms with van der Waals surface area (Å²) in [7, 11) is 0. The first kappa shape index (κ1) is 23.5. The molecule has 1 aliphatic heterocycles. The fraction of sp³-hybridized carbons (Fsp3) is 0.357. The first-order chi connectivity index (χ1) is 15.6. The lowest BCUT2D eigenvalue weighted by molar-refractivity contribution is -0.137. The normalized spacial score (nSPS) is 17.2. The number of rotatable bonds is 5. The Balaban J connectivity index is 1.41. The van der Waals surface area contributed by atoms with Crippen LogP contribution < -0.4 is 0 Å². The second kappa shape index (κ2) is 8.96. The average Bonchev–Trinajstić information content (AvgIpc) is 2.81. The van der Waals surface area contributed by atoms with Gasteiger partial charge in [0, 0.05) is 25.0 Å². The monoisotopic (exact) mass is 453 g/mol. The first-order valence-electron chi connectivity index (χ1n) is 11.4. The van der Waals surface area contributed by atoms with Crippen molar-refractivity contribution in [1.29, 1.82) is 0 Å². The van der Waals surface area contributed by atoms with Crippen molar-refractivity contribution in [2.75, 3.05) is 19.6 Å². The Kier molecular flexibility index (Phi) is 6.39. The third kappa shape index (κ3) is 5.31. The number of halogens is 3. The number of aliphatic hydroxyl groups is 1. The third-order valence-electron chi connectivity index (χ3n) is 6.80. The molecule has 0 unspecified atom stereocenters. The van der Waals surface area contributed by atoms with Gasteiger partial charge in [0.2, 0.25) is 0 Å². The molecule has 174 valence electrons. The Labute approximate surface area is 193 Å². The summed E-state index contributed by atoms with van der Waals surface area (Å²) in [5, 5.41) is 11.1. The van der Waals surface area contributed by atoms with Crippen LogP contribution in [0, 0.1) is 0 Å². The molecule has 0 saturated carbocycles. The molecule has 5 heteroatoms. The summed E-state index contributed by atoms with van der Waals surface area (Å²) in [5.74, 6) is 0. The Morgan fingerprint density at radius 3 is 2.00 bits per heavy atom. The van der Waals surface area contributed by atoms with Crippen LogP contribution in [-0.4, -0.2) is 29.6 Å². The van der Waals surface area contributed by atoms with Crippen LogP contribution in [0.1, 0.15) is 43.4 Å². The summed E-state index contributed by atoms with van der Waals surface area (Å²) >= 11 is 0. The topological polar surface area (TPSA) is 23.5 Å². The lowest BCUT2D eigenvalue weighted by Gasteiger charge is -2.41. The van der Waals surface area contributed by atoms with E-state index >= 15 is 0 Å². The molecule has 1 saturated heterocycles. The molecular weight excluding hydrogens is 423 g/mol. The fourth-order valence-electron chi connectivity index (χ4n) is 4.75. The van der Waals surface area contributed by atoms with Gasteiger partial charge < -0.3 is 10.0 Å². The van der Waals surface area contributed by atoms with Crippen LogP contribution in [0.15, 0.2) is 78.9 Å². The molecule has 0 spiro atoms. The van der Waals surface area contributed by atoms with Crippen LogP contribution in [-0.2, 0) is 17.2 Å². The molecule has 1 N–H and O–H groups in total. The van der Waals surface area contributed by atoms with Gasteiger partial charge in [-0.1, -0.05) is 80.6 Å². The van der Waals surface area contributed by atoms with Crippen LogP contribution in [0.25, 0.3) is 11.1 Å². The Morgan fingerprint density at radius 1 is 0.788 bits per heavy atom. The zero-order chi connectivity index (χ0) is 23.7. The van der Waals surface area contributed by atoms with Gasteiger partial charge in [-0.15, -0.1) is 0 Å². The second-order valence-corrected chi connectivity index (χ2v) is 9.71. The molecule has 2 nitrogen and oxygen atoms in total. The quantitative estimate of drug-likeness (QED) is 0.468. The van der Waals surface area contributed by atoms with Gasteiger partial charge in [0.05, 0.1) is 11.2 Å². The van der Waals surface area contributed by atoms with Crippen molar-refractivity contribution in [3.63, 3.8) is 0 Å². The molecule has 0 radical (unpaired) electrons. The predicted molar refractivity (Wildman–Crippen MR) is 126 cm³/mol. The van der Waals surface area contributed by atoms with Crippen molar-refractivity contribution in [1.82, 2.24) is 4.90 Å². The van der Waals surface area contributed by atoms with Crippen LogP contribution in [0.5, 0.6) is 0 Å². The van der Waals surface area contributed by atoms with E-state index in [0.29, 0.717) is 31.5 Å². The van der Waals surface area contributed by atoms with Gasteiger partial charge in [-0.3, -0.25) is 0 Å². The standard InChI is InChI=1S/C28H30F3NO/c1-26(2,23-13-11-22(12-14-23)21-7-4-3-5-8-21)20-32-17-15-27(33,16-18-32)24-9-6-10-25(19-24)28(29,30)31/h3-14,19,33H,15-18,20H2,1-2H3. The molecular formula is C28H30F3NO. The summed E-state index contributed by atoms with van der Waals surface area (Å²) in [6, 6.07) is 24.0. The van der Waals surface area contributed by atoms with Crippen LogP contribution >= 0.6 is 0 Å². The number of likely N-dealkylation sites (tertiary alicyclic amines) is 1. The Morgan fingerprint density at radius 2 is 1.39 bits per heavy atom. The number of benzene rings is 3. The van der Waals surface area contributed by atoms with Gasteiger partial charge in [0.1, 0.15) is 0 Å². The second-order valence-electron chi connectivity index (χ2n) is 9.71. The molecule has 3 aromatic rings. The van der Waals surface area contributed by atoms with Crippen molar-refractivity contribution in [3.8, 4) is 11.1 Å². The van der Waals surface area contributed by atoms with Crippen molar-refractivity contribution in [2.24, 2.45) is 0 Å². The minimum atomic E-state index is -4.41. The highest BCUT2D eigenvalue weighted by Crippen LogP contribution is 2.37. The summed E-state index contributed by atoms with van der Waals surface area (Å²) in [6.07, 6.45) is -3.58. The van der Waals surface area contributed by atoms with E-state index in [2.05, 4.69) is 55.1 Å². The molecule has 3 aromatic carbocycles. The number of alkyl halides is 3. The average molecular weight is 454 g/mol. The maximum Gasteiger partial charge on any atom is 0.416 e. The lowest BCUT2D eigenvalue weighted by Crippen LogP contribution is -2.46. The first-order valence-corrected chi connectivity index (χ1v) is 11.4. The molecule has 0 bridgehead atoms. The molecule has 1 fully saturated rings. The minimum Gasteiger partial charge on any atom is -0.385 e. The molecule has 0 atom stereocenters. The van der Waals surface area contributed by atoms with Crippen molar-refractivity contribution >= 4 is 0 Å². The number of nitrogens with zero attached hydrogens (tertiary/aromatic N) is 1. The van der Waals surface area contributed by atoms with Crippen molar-refractivity contribution in [2.45, 2.75) is 43.9 Å². The van der Waals surface area contributed by atoms with Crippen molar-refractivity contribution in [3.05, 3.63) is 95.6 Å². The van der Waals surface area contributed by atoms with E-state index in [-0.39, 0.29) is 5.41 Å². The van der Waals surface area contributed by atoms with Gasteiger partial charge in [0.15, 0.2) is 0 Å². The highest BCUT2D eigenvalue weighted by Gasteiger charge is 2.38. The Hall–Kier alpha value is -2.63.